The third-order valence-corrected chi connectivity index (χ3v) is 8.59. The molecule has 1 aromatic carbocycles. The largest absolute Gasteiger partial charge is 0.457 e. The van der Waals surface area contributed by atoms with Crippen molar-refractivity contribution in [3.63, 3.8) is 0 Å². The molecule has 0 aliphatic carbocycles. The molecule has 0 spiro atoms. The van der Waals surface area contributed by atoms with Gasteiger partial charge in [0.1, 0.15) is 11.7 Å². The molecular weight excluding hydrogens is 512 g/mol. The van der Waals surface area contributed by atoms with Crippen LogP contribution >= 0.6 is 0 Å². The highest BCUT2D eigenvalue weighted by molar-refractivity contribution is 7.86. The zero-order valence-electron chi connectivity index (χ0n) is 22.3. The Labute approximate surface area is 224 Å². The van der Waals surface area contributed by atoms with E-state index in [9.17, 15) is 23.5 Å². The Kier molecular flexibility index (Phi) is 9.09. The Morgan fingerprint density at radius 3 is 2.39 bits per heavy atom. The van der Waals surface area contributed by atoms with E-state index in [1.54, 1.807) is 33.8 Å². The lowest BCUT2D eigenvalue weighted by molar-refractivity contribution is -0.156. The molecule has 1 amide bonds. The number of azide groups is 1. The lowest BCUT2D eigenvalue weighted by atomic mass is 9.85. The SMILES string of the molecule is C=CC[C@@H]1CN(S(=O)(=O)N2CCN(C(=O)OC(C)(C)C)CC2)C[C@]1(N=[N+]=[N-])C(=O)O[C@H](C)c1ccccc1. The number of amides is 1. The molecule has 12 nitrogen and oxygen atoms in total. The summed E-state index contributed by atoms with van der Waals surface area (Å²) in [6, 6.07) is 9.09. The molecule has 0 aromatic heterocycles. The van der Waals surface area contributed by atoms with E-state index in [-0.39, 0.29) is 45.7 Å². The first-order valence-electron chi connectivity index (χ1n) is 12.5. The monoisotopic (exact) mass is 548 g/mol. The standard InChI is InChI=1S/C25H36N6O6S/c1-6-10-21-17-31(38(34,35)30-15-13-29(14-16-30)23(33)37-24(3,4)5)18-25(21,27-28-26)22(32)36-19(2)20-11-8-7-9-12-20/h6-9,11-12,19,21H,1,10,13-18H2,2-5H3/t19-,21-,25-/m1/s1. The summed E-state index contributed by atoms with van der Waals surface area (Å²) in [4.78, 5) is 30.2. The molecule has 2 saturated heterocycles. The van der Waals surface area contributed by atoms with Gasteiger partial charge < -0.3 is 14.4 Å². The van der Waals surface area contributed by atoms with Crippen LogP contribution in [-0.2, 0) is 24.5 Å². The summed E-state index contributed by atoms with van der Waals surface area (Å²) in [5, 5.41) is 3.84. The minimum Gasteiger partial charge on any atom is -0.457 e. The van der Waals surface area contributed by atoms with E-state index < -0.39 is 45.4 Å². The fourth-order valence-electron chi connectivity index (χ4n) is 4.62. The molecule has 1 aromatic rings. The lowest BCUT2D eigenvalue weighted by Gasteiger charge is -2.36. The van der Waals surface area contributed by atoms with Gasteiger partial charge in [0, 0.05) is 44.2 Å². The van der Waals surface area contributed by atoms with Crippen LogP contribution in [0.1, 0.15) is 45.8 Å². The van der Waals surface area contributed by atoms with Gasteiger partial charge in [0.2, 0.25) is 0 Å². The molecule has 2 fully saturated rings. The lowest BCUT2D eigenvalue weighted by Crippen LogP contribution is -2.55. The summed E-state index contributed by atoms with van der Waals surface area (Å²) in [5.41, 5.74) is 7.71. The zero-order valence-corrected chi connectivity index (χ0v) is 23.1. The second-order valence-corrected chi connectivity index (χ2v) is 12.4. The molecule has 3 atom stereocenters. The van der Waals surface area contributed by atoms with E-state index in [0.717, 1.165) is 9.87 Å². The Morgan fingerprint density at radius 1 is 1.21 bits per heavy atom. The normalized spacial score (nSPS) is 23.8. The Morgan fingerprint density at radius 2 is 1.84 bits per heavy atom. The van der Waals surface area contributed by atoms with E-state index in [4.69, 9.17) is 9.47 Å². The topological polar surface area (TPSA) is 145 Å². The Bertz CT molecular complexity index is 1170. The van der Waals surface area contributed by atoms with Gasteiger partial charge in [0.25, 0.3) is 10.2 Å². The van der Waals surface area contributed by atoms with Crippen LogP contribution in [0.4, 0.5) is 4.79 Å². The average Bonchev–Trinajstić information content (AvgIpc) is 3.24. The molecular formula is C25H36N6O6S. The van der Waals surface area contributed by atoms with Gasteiger partial charge in [-0.2, -0.15) is 17.0 Å². The predicted molar refractivity (Wildman–Crippen MR) is 141 cm³/mol. The van der Waals surface area contributed by atoms with E-state index in [1.807, 2.05) is 30.3 Å². The number of hydrogen-bond acceptors (Lipinski definition) is 7. The molecule has 38 heavy (non-hydrogen) atoms. The average molecular weight is 549 g/mol. The van der Waals surface area contributed by atoms with Crippen molar-refractivity contribution < 1.29 is 27.5 Å². The highest BCUT2D eigenvalue weighted by Crippen LogP contribution is 2.39. The van der Waals surface area contributed by atoms with Gasteiger partial charge in [0.15, 0.2) is 5.54 Å². The molecule has 3 rings (SSSR count). The number of benzene rings is 1. The fourth-order valence-corrected chi connectivity index (χ4v) is 6.30. The van der Waals surface area contributed by atoms with E-state index in [1.165, 1.54) is 9.21 Å². The maximum Gasteiger partial charge on any atom is 0.410 e. The maximum atomic E-state index is 13.6. The molecule has 0 N–H and O–H groups in total. The molecule has 2 aliphatic heterocycles. The molecule has 0 bridgehead atoms. The van der Waals surface area contributed by atoms with E-state index in [0.29, 0.717) is 0 Å². The summed E-state index contributed by atoms with van der Waals surface area (Å²) < 4.78 is 40.7. The summed E-state index contributed by atoms with van der Waals surface area (Å²) >= 11 is 0. The van der Waals surface area contributed by atoms with Crippen LogP contribution in [-0.4, -0.2) is 84.4 Å². The number of nitrogens with zero attached hydrogens (tertiary/aromatic N) is 6. The Hall–Kier alpha value is -3.12. The third-order valence-electron chi connectivity index (χ3n) is 6.64. The first kappa shape index (κ1) is 29.4. The van der Waals surface area contributed by atoms with E-state index >= 15 is 0 Å². The van der Waals surface area contributed by atoms with Crippen molar-refractivity contribution in [1.82, 2.24) is 13.5 Å². The zero-order chi connectivity index (χ0) is 28.1. The van der Waals surface area contributed by atoms with Crippen molar-refractivity contribution in [2.75, 3.05) is 39.3 Å². The molecule has 13 heteroatoms. The van der Waals surface area contributed by atoms with Crippen molar-refractivity contribution in [2.45, 2.75) is 51.4 Å². The maximum absolute atomic E-state index is 13.6. The third kappa shape index (κ3) is 6.47. The highest BCUT2D eigenvalue weighted by atomic mass is 32.2. The number of allylic oxidation sites excluding steroid dienone is 1. The summed E-state index contributed by atoms with van der Waals surface area (Å²) in [6.45, 7) is 10.8. The Balaban J connectivity index is 1.78. The smallest absolute Gasteiger partial charge is 0.410 e. The second kappa shape index (κ2) is 11.7. The van der Waals surface area contributed by atoms with Crippen molar-refractivity contribution in [3.05, 3.63) is 59.0 Å². The van der Waals surface area contributed by atoms with Crippen molar-refractivity contribution in [1.29, 1.82) is 0 Å². The molecule has 2 aliphatic rings. The fraction of sp³-hybridized carbons (Fsp3) is 0.600. The number of esters is 1. The number of piperazine rings is 1. The van der Waals surface area contributed by atoms with Gasteiger partial charge in [-0.15, -0.1) is 6.58 Å². The minimum absolute atomic E-state index is 0.0472. The number of ether oxygens (including phenoxy) is 2. The van der Waals surface area contributed by atoms with Gasteiger partial charge in [0.05, 0.1) is 0 Å². The van der Waals surface area contributed by atoms with Gasteiger partial charge >= 0.3 is 12.1 Å². The van der Waals surface area contributed by atoms with Crippen molar-refractivity contribution in [3.8, 4) is 0 Å². The quantitative estimate of drug-likeness (QED) is 0.159. The van der Waals surface area contributed by atoms with Crippen LogP contribution in [0.15, 0.2) is 48.1 Å². The number of carbonyl (C=O) groups excluding carboxylic acids is 2. The van der Waals surface area contributed by atoms with Gasteiger partial charge in [-0.3, -0.25) is 4.79 Å². The van der Waals surface area contributed by atoms with Crippen LogP contribution in [0.2, 0.25) is 0 Å². The first-order valence-corrected chi connectivity index (χ1v) is 13.9. The van der Waals surface area contributed by atoms with Gasteiger partial charge in [-0.05, 0) is 51.1 Å². The summed E-state index contributed by atoms with van der Waals surface area (Å²) in [7, 11) is -4.04. The van der Waals surface area contributed by atoms with Crippen LogP contribution in [0.25, 0.3) is 10.4 Å². The number of rotatable bonds is 8. The van der Waals surface area contributed by atoms with Gasteiger partial charge in [-0.25, -0.2) is 4.79 Å². The molecule has 0 saturated carbocycles. The van der Waals surface area contributed by atoms with Crippen molar-refractivity contribution in [2.24, 2.45) is 11.0 Å². The van der Waals surface area contributed by atoms with Crippen LogP contribution in [0.5, 0.6) is 0 Å². The van der Waals surface area contributed by atoms with Crippen LogP contribution in [0, 0.1) is 5.92 Å². The molecule has 0 radical (unpaired) electrons. The summed E-state index contributed by atoms with van der Waals surface area (Å²) in [6.07, 6.45) is 0.673. The minimum atomic E-state index is -4.04. The predicted octanol–water partition coefficient (Wildman–Crippen LogP) is 3.65. The molecule has 208 valence electrons. The number of carbonyl (C=O) groups is 2. The van der Waals surface area contributed by atoms with Crippen molar-refractivity contribution >= 4 is 22.3 Å². The van der Waals surface area contributed by atoms with Crippen LogP contribution in [0.3, 0.4) is 0 Å². The van der Waals surface area contributed by atoms with Gasteiger partial charge in [-0.1, -0.05) is 41.5 Å². The van der Waals surface area contributed by atoms with Crippen LogP contribution < -0.4 is 0 Å². The second-order valence-electron chi connectivity index (χ2n) is 10.5. The molecule has 2 heterocycles. The highest BCUT2D eigenvalue weighted by Gasteiger charge is 2.56. The number of hydrogen-bond donors (Lipinski definition) is 0. The summed E-state index contributed by atoms with van der Waals surface area (Å²) in [5.74, 6) is -1.45. The van der Waals surface area contributed by atoms with E-state index in [2.05, 4.69) is 16.6 Å². The molecule has 0 unspecified atom stereocenters. The first-order chi connectivity index (χ1) is 17.8.